The Kier molecular flexibility index (Phi) is 2.30. The molecule has 2 nitrogen and oxygen atoms in total. The fraction of sp³-hybridized carbons (Fsp3) is 0.182. The number of hydrogen-bond acceptors (Lipinski definition) is 1. The summed E-state index contributed by atoms with van der Waals surface area (Å²) in [5.74, 6) is 0. The van der Waals surface area contributed by atoms with Crippen LogP contribution in [0.25, 0.3) is 10.8 Å². The third kappa shape index (κ3) is 1.32. The molecule has 0 bridgehead atoms. The van der Waals surface area contributed by atoms with Crippen LogP contribution in [0, 0.1) is 0 Å². The number of fused-ring (bicyclic) bond motifs is 1. The van der Waals surface area contributed by atoms with Gasteiger partial charge >= 0.3 is 0 Å². The number of benzene rings is 1. The lowest BCUT2D eigenvalue weighted by molar-refractivity contribution is 1.14. The Hall–Kier alpha value is -1.28. The van der Waals surface area contributed by atoms with Gasteiger partial charge in [0.15, 0.2) is 0 Å². The van der Waals surface area contributed by atoms with Crippen LogP contribution in [0.3, 0.4) is 0 Å². The predicted octanol–water partition coefficient (Wildman–Crippen LogP) is 2.74. The molecule has 0 unspecified atom stereocenters. The minimum Gasteiger partial charge on any atom is -0.329 e. The first-order valence-corrected chi connectivity index (χ1v) is 4.90. The van der Waals surface area contributed by atoms with Crippen LogP contribution in [0.2, 0.25) is 5.02 Å². The van der Waals surface area contributed by atoms with Crippen molar-refractivity contribution in [3.05, 3.63) is 45.3 Å². The number of hydrogen-bond donors (Lipinski definition) is 1. The van der Waals surface area contributed by atoms with E-state index in [1.165, 1.54) is 0 Å². The van der Waals surface area contributed by atoms with E-state index in [9.17, 15) is 4.79 Å². The molecular formula is C11H10ClNO. The van der Waals surface area contributed by atoms with Gasteiger partial charge in [0, 0.05) is 17.0 Å². The van der Waals surface area contributed by atoms with Crippen molar-refractivity contribution in [1.82, 2.24) is 4.98 Å². The van der Waals surface area contributed by atoms with E-state index >= 15 is 0 Å². The van der Waals surface area contributed by atoms with Gasteiger partial charge in [-0.2, -0.15) is 0 Å². The Morgan fingerprint density at radius 1 is 1.29 bits per heavy atom. The summed E-state index contributed by atoms with van der Waals surface area (Å²) < 4.78 is 0. The Labute approximate surface area is 86.5 Å². The summed E-state index contributed by atoms with van der Waals surface area (Å²) in [6.07, 6.45) is 2.50. The van der Waals surface area contributed by atoms with Crippen molar-refractivity contribution in [1.29, 1.82) is 0 Å². The first-order chi connectivity index (χ1) is 6.74. The highest BCUT2D eigenvalue weighted by Crippen LogP contribution is 2.25. The number of aryl methyl sites for hydroxylation is 1. The molecule has 0 fully saturated rings. The number of aromatic nitrogens is 1. The normalized spacial score (nSPS) is 10.7. The molecule has 0 saturated heterocycles. The van der Waals surface area contributed by atoms with Crippen LogP contribution in [0.15, 0.2) is 29.2 Å². The average molecular weight is 208 g/mol. The van der Waals surface area contributed by atoms with Crippen molar-refractivity contribution >= 4 is 22.4 Å². The second-order valence-corrected chi connectivity index (χ2v) is 3.54. The van der Waals surface area contributed by atoms with E-state index in [0.29, 0.717) is 10.4 Å². The van der Waals surface area contributed by atoms with Gasteiger partial charge in [0.1, 0.15) is 0 Å². The molecule has 0 aliphatic carbocycles. The molecule has 0 atom stereocenters. The lowest BCUT2D eigenvalue weighted by atomic mass is 10.1. The second kappa shape index (κ2) is 3.46. The highest BCUT2D eigenvalue weighted by atomic mass is 35.5. The van der Waals surface area contributed by atoms with E-state index in [2.05, 4.69) is 4.98 Å². The third-order valence-corrected chi connectivity index (χ3v) is 2.80. The zero-order chi connectivity index (χ0) is 10.1. The Morgan fingerprint density at radius 3 is 2.79 bits per heavy atom. The van der Waals surface area contributed by atoms with Gasteiger partial charge in [0.25, 0.3) is 5.56 Å². The van der Waals surface area contributed by atoms with Crippen molar-refractivity contribution in [3.63, 3.8) is 0 Å². The first-order valence-electron chi connectivity index (χ1n) is 4.53. The molecule has 0 aliphatic heterocycles. The van der Waals surface area contributed by atoms with Crippen LogP contribution in [-0.4, -0.2) is 4.98 Å². The van der Waals surface area contributed by atoms with E-state index < -0.39 is 0 Å². The topological polar surface area (TPSA) is 32.9 Å². The predicted molar refractivity (Wildman–Crippen MR) is 59.0 cm³/mol. The molecule has 1 heterocycles. The van der Waals surface area contributed by atoms with E-state index in [0.717, 1.165) is 17.4 Å². The van der Waals surface area contributed by atoms with Crippen LogP contribution in [0.1, 0.15) is 12.5 Å². The quantitative estimate of drug-likeness (QED) is 0.767. The molecule has 1 N–H and O–H groups in total. The van der Waals surface area contributed by atoms with Crippen LogP contribution in [-0.2, 0) is 6.42 Å². The minimum atomic E-state index is -0.0907. The van der Waals surface area contributed by atoms with Crippen molar-refractivity contribution in [3.8, 4) is 0 Å². The molecule has 1 aromatic carbocycles. The van der Waals surface area contributed by atoms with E-state index in [-0.39, 0.29) is 5.56 Å². The van der Waals surface area contributed by atoms with Gasteiger partial charge in [0.2, 0.25) is 0 Å². The van der Waals surface area contributed by atoms with E-state index in [1.807, 2.05) is 25.1 Å². The maximum atomic E-state index is 11.4. The fourth-order valence-electron chi connectivity index (χ4n) is 1.55. The molecule has 0 aliphatic rings. The molecular weight excluding hydrogens is 198 g/mol. The Morgan fingerprint density at radius 2 is 2.07 bits per heavy atom. The summed E-state index contributed by atoms with van der Waals surface area (Å²) in [5, 5.41) is 2.17. The summed E-state index contributed by atoms with van der Waals surface area (Å²) in [5.41, 5.74) is 0.983. The number of rotatable bonds is 1. The maximum Gasteiger partial charge on any atom is 0.255 e. The zero-order valence-electron chi connectivity index (χ0n) is 7.80. The summed E-state index contributed by atoms with van der Waals surface area (Å²) >= 11 is 6.16. The van der Waals surface area contributed by atoms with Gasteiger partial charge in [-0.1, -0.05) is 24.6 Å². The SMILES string of the molecule is CCc1ccc2c(=O)[nH]ccc2c1Cl. The van der Waals surface area contributed by atoms with Gasteiger partial charge in [-0.3, -0.25) is 4.79 Å². The van der Waals surface area contributed by atoms with Gasteiger partial charge in [0.05, 0.1) is 5.02 Å². The molecule has 14 heavy (non-hydrogen) atoms. The molecule has 0 radical (unpaired) electrons. The van der Waals surface area contributed by atoms with Crippen molar-refractivity contribution in [2.45, 2.75) is 13.3 Å². The van der Waals surface area contributed by atoms with Crippen LogP contribution in [0.5, 0.6) is 0 Å². The van der Waals surface area contributed by atoms with Gasteiger partial charge in [-0.15, -0.1) is 0 Å². The lowest BCUT2D eigenvalue weighted by Crippen LogP contribution is -2.04. The largest absolute Gasteiger partial charge is 0.329 e. The van der Waals surface area contributed by atoms with Gasteiger partial charge < -0.3 is 4.98 Å². The monoisotopic (exact) mass is 207 g/mol. The fourth-order valence-corrected chi connectivity index (χ4v) is 1.91. The third-order valence-electron chi connectivity index (χ3n) is 2.35. The molecule has 72 valence electrons. The molecule has 3 heteroatoms. The smallest absolute Gasteiger partial charge is 0.255 e. The van der Waals surface area contributed by atoms with Crippen LogP contribution < -0.4 is 5.56 Å². The van der Waals surface area contributed by atoms with Crippen LogP contribution >= 0.6 is 11.6 Å². The number of pyridine rings is 1. The molecule has 0 spiro atoms. The lowest BCUT2D eigenvalue weighted by Gasteiger charge is -2.04. The second-order valence-electron chi connectivity index (χ2n) is 3.16. The molecule has 2 rings (SSSR count). The summed E-state index contributed by atoms with van der Waals surface area (Å²) in [6.45, 7) is 2.04. The minimum absolute atomic E-state index is 0.0907. The number of H-pyrrole nitrogens is 1. The summed E-state index contributed by atoms with van der Waals surface area (Å²) in [6, 6.07) is 5.55. The zero-order valence-corrected chi connectivity index (χ0v) is 8.56. The molecule has 1 aromatic heterocycles. The molecule has 2 aromatic rings. The Balaban J connectivity index is 2.91. The average Bonchev–Trinajstić information content (AvgIpc) is 2.20. The van der Waals surface area contributed by atoms with Gasteiger partial charge in [-0.25, -0.2) is 0 Å². The highest BCUT2D eigenvalue weighted by Gasteiger charge is 2.05. The van der Waals surface area contributed by atoms with E-state index in [4.69, 9.17) is 11.6 Å². The first kappa shape index (κ1) is 9.28. The summed E-state index contributed by atoms with van der Waals surface area (Å²) in [7, 11) is 0. The standard InChI is InChI=1S/C11H10ClNO/c1-2-7-3-4-9-8(10(7)12)5-6-13-11(9)14/h3-6H,2H2,1H3,(H,13,14). The molecule has 0 saturated carbocycles. The maximum absolute atomic E-state index is 11.4. The Bertz CT molecular complexity index is 530. The number of nitrogens with one attached hydrogen (secondary N) is 1. The number of aromatic amines is 1. The number of halogens is 1. The summed E-state index contributed by atoms with van der Waals surface area (Å²) in [4.78, 5) is 14.0. The highest BCUT2D eigenvalue weighted by molar-refractivity contribution is 6.36. The van der Waals surface area contributed by atoms with Crippen molar-refractivity contribution in [2.24, 2.45) is 0 Å². The molecule has 0 amide bonds. The van der Waals surface area contributed by atoms with Crippen molar-refractivity contribution < 1.29 is 0 Å². The van der Waals surface area contributed by atoms with Crippen molar-refractivity contribution in [2.75, 3.05) is 0 Å². The van der Waals surface area contributed by atoms with Crippen LogP contribution in [0.4, 0.5) is 0 Å². The van der Waals surface area contributed by atoms with Gasteiger partial charge in [-0.05, 0) is 24.1 Å². The van der Waals surface area contributed by atoms with E-state index in [1.54, 1.807) is 6.20 Å².